The zero-order chi connectivity index (χ0) is 17.0. The average molecular weight is 345 g/mol. The van der Waals surface area contributed by atoms with Crippen molar-refractivity contribution >= 4 is 28.4 Å². The molecule has 0 bridgehead atoms. The third kappa shape index (κ3) is 6.35. The van der Waals surface area contributed by atoms with Crippen molar-refractivity contribution in [1.82, 2.24) is 4.98 Å². The Bertz CT molecular complexity index is 597. The average Bonchev–Trinajstić information content (AvgIpc) is 2.61. The van der Waals surface area contributed by atoms with Crippen molar-refractivity contribution in [3.63, 3.8) is 0 Å². The van der Waals surface area contributed by atoms with Crippen LogP contribution in [-0.4, -0.2) is 10.7 Å². The van der Waals surface area contributed by atoms with E-state index in [4.69, 9.17) is 5.73 Å². The predicted octanol–water partition coefficient (Wildman–Crippen LogP) is 6.83. The van der Waals surface area contributed by atoms with E-state index in [1.807, 2.05) is 24.0 Å². The van der Waals surface area contributed by atoms with E-state index in [1.165, 1.54) is 69.1 Å². The fourth-order valence-electron chi connectivity index (χ4n) is 3.05. The highest BCUT2D eigenvalue weighted by Crippen LogP contribution is 2.31. The molecule has 24 heavy (non-hydrogen) atoms. The van der Waals surface area contributed by atoms with Crippen LogP contribution in [0.3, 0.4) is 0 Å². The molecular formula is C21H32N2S. The van der Waals surface area contributed by atoms with Crippen molar-refractivity contribution in [2.24, 2.45) is 0 Å². The van der Waals surface area contributed by atoms with Gasteiger partial charge in [-0.3, -0.25) is 4.98 Å². The quantitative estimate of drug-likeness (QED) is 0.260. The summed E-state index contributed by atoms with van der Waals surface area (Å²) in [6.07, 6.45) is 15.7. The maximum Gasteiger partial charge on any atom is 0.0723 e. The van der Waals surface area contributed by atoms with Gasteiger partial charge in [-0.25, -0.2) is 0 Å². The number of benzene rings is 1. The Morgan fingerprint density at radius 2 is 1.54 bits per heavy atom. The number of anilines is 1. The fraction of sp³-hybridized carbons (Fsp3) is 0.571. The molecule has 0 saturated carbocycles. The summed E-state index contributed by atoms with van der Waals surface area (Å²) >= 11 is 1.89. The lowest BCUT2D eigenvalue weighted by molar-refractivity contribution is 0.563. The molecule has 2 N–H and O–H groups in total. The van der Waals surface area contributed by atoms with E-state index in [0.29, 0.717) is 0 Å². The Balaban J connectivity index is 1.57. The summed E-state index contributed by atoms with van der Waals surface area (Å²) in [6.45, 7) is 2.28. The molecule has 1 aromatic carbocycles. The minimum Gasteiger partial charge on any atom is -0.397 e. The largest absolute Gasteiger partial charge is 0.397 e. The van der Waals surface area contributed by atoms with Gasteiger partial charge in [-0.2, -0.15) is 0 Å². The van der Waals surface area contributed by atoms with Crippen LogP contribution in [0.1, 0.15) is 71.1 Å². The number of unbranched alkanes of at least 4 members (excludes halogenated alkanes) is 9. The number of thioether (sulfide) groups is 1. The smallest absolute Gasteiger partial charge is 0.0723 e. The number of hydrogen-bond donors (Lipinski definition) is 1. The van der Waals surface area contributed by atoms with Crippen LogP contribution in [0.4, 0.5) is 5.69 Å². The van der Waals surface area contributed by atoms with Crippen LogP contribution in [-0.2, 0) is 0 Å². The van der Waals surface area contributed by atoms with E-state index in [1.54, 1.807) is 0 Å². The second kappa shape index (κ2) is 11.4. The number of nitrogens with two attached hydrogens (primary N) is 1. The van der Waals surface area contributed by atoms with Crippen molar-refractivity contribution in [1.29, 1.82) is 0 Å². The minimum atomic E-state index is 0.887. The molecule has 0 aliphatic heterocycles. The minimum absolute atomic E-state index is 0.887. The van der Waals surface area contributed by atoms with Gasteiger partial charge in [0.15, 0.2) is 0 Å². The first-order valence-electron chi connectivity index (χ1n) is 9.59. The summed E-state index contributed by atoms with van der Waals surface area (Å²) in [5, 5.41) is 1.07. The van der Waals surface area contributed by atoms with Crippen LogP contribution in [0.2, 0.25) is 0 Å². The number of rotatable bonds is 12. The van der Waals surface area contributed by atoms with E-state index in [-0.39, 0.29) is 0 Å². The third-order valence-corrected chi connectivity index (χ3v) is 5.70. The lowest BCUT2D eigenvalue weighted by Crippen LogP contribution is -1.92. The van der Waals surface area contributed by atoms with E-state index in [9.17, 15) is 0 Å². The van der Waals surface area contributed by atoms with Crippen LogP contribution < -0.4 is 5.73 Å². The van der Waals surface area contributed by atoms with Crippen molar-refractivity contribution in [3.8, 4) is 0 Å². The van der Waals surface area contributed by atoms with Gasteiger partial charge in [-0.1, -0.05) is 64.7 Å². The highest BCUT2D eigenvalue weighted by atomic mass is 32.2. The predicted molar refractivity (Wildman–Crippen MR) is 109 cm³/mol. The molecule has 3 heteroatoms. The van der Waals surface area contributed by atoms with Crippen LogP contribution in [0.15, 0.2) is 35.4 Å². The van der Waals surface area contributed by atoms with Gasteiger partial charge in [-0.05, 0) is 36.4 Å². The molecule has 0 atom stereocenters. The molecule has 2 rings (SSSR count). The van der Waals surface area contributed by atoms with Crippen LogP contribution in [0.25, 0.3) is 10.9 Å². The second-order valence-electron chi connectivity index (χ2n) is 6.58. The van der Waals surface area contributed by atoms with Crippen molar-refractivity contribution in [3.05, 3.63) is 30.5 Å². The number of fused-ring (bicyclic) bond motifs is 1. The van der Waals surface area contributed by atoms with Gasteiger partial charge in [0.05, 0.1) is 11.2 Å². The van der Waals surface area contributed by atoms with Crippen LogP contribution >= 0.6 is 11.8 Å². The Kier molecular flexibility index (Phi) is 9.04. The molecule has 1 aromatic heterocycles. The second-order valence-corrected chi connectivity index (χ2v) is 7.71. The molecule has 0 aliphatic rings. The zero-order valence-electron chi connectivity index (χ0n) is 15.1. The van der Waals surface area contributed by atoms with Gasteiger partial charge in [0.1, 0.15) is 0 Å². The summed E-state index contributed by atoms with van der Waals surface area (Å²) in [6, 6.07) is 8.20. The zero-order valence-corrected chi connectivity index (χ0v) is 15.9. The molecule has 2 aromatic rings. The Labute approximate surface area is 151 Å². The summed E-state index contributed by atoms with van der Waals surface area (Å²) in [5.41, 5.74) is 8.16. The summed E-state index contributed by atoms with van der Waals surface area (Å²) in [7, 11) is 0. The maximum atomic E-state index is 6.29. The monoisotopic (exact) mass is 344 g/mol. The number of nitrogens with zero attached hydrogens (tertiary/aromatic N) is 1. The molecule has 0 unspecified atom stereocenters. The maximum absolute atomic E-state index is 6.29. The molecule has 0 fully saturated rings. The van der Waals surface area contributed by atoms with Crippen molar-refractivity contribution < 1.29 is 0 Å². The molecule has 0 saturated heterocycles. The molecular weight excluding hydrogens is 312 g/mol. The van der Waals surface area contributed by atoms with Gasteiger partial charge in [0.2, 0.25) is 0 Å². The van der Waals surface area contributed by atoms with E-state index < -0.39 is 0 Å². The Morgan fingerprint density at radius 1 is 0.875 bits per heavy atom. The molecule has 132 valence electrons. The van der Waals surface area contributed by atoms with Gasteiger partial charge >= 0.3 is 0 Å². The first-order valence-corrected chi connectivity index (χ1v) is 10.6. The first-order chi connectivity index (χ1) is 11.8. The lowest BCUT2D eigenvalue weighted by atomic mass is 10.1. The summed E-state index contributed by atoms with van der Waals surface area (Å²) in [4.78, 5) is 5.56. The van der Waals surface area contributed by atoms with Gasteiger partial charge in [0, 0.05) is 16.5 Å². The normalized spacial score (nSPS) is 11.2. The molecule has 2 nitrogen and oxygen atoms in total. The standard InChI is InChI=1S/C21H32N2S/c1-2-3-4-5-6-7-8-9-10-11-17-24-20-15-14-19-18(21(20)22)13-12-16-23-19/h12-16H,2-11,17,22H2,1H3. The van der Waals surface area contributed by atoms with Crippen LogP contribution in [0, 0.1) is 0 Å². The van der Waals surface area contributed by atoms with Gasteiger partial charge in [-0.15, -0.1) is 11.8 Å². The van der Waals surface area contributed by atoms with Crippen molar-refractivity contribution in [2.75, 3.05) is 11.5 Å². The number of aromatic nitrogens is 1. The molecule has 1 heterocycles. The summed E-state index contributed by atoms with van der Waals surface area (Å²) < 4.78 is 0. The number of nitrogen functional groups attached to an aromatic ring is 1. The van der Waals surface area contributed by atoms with E-state index in [2.05, 4.69) is 30.1 Å². The first kappa shape index (κ1) is 19.1. The van der Waals surface area contributed by atoms with Gasteiger partial charge < -0.3 is 5.73 Å². The topological polar surface area (TPSA) is 38.9 Å². The highest BCUT2D eigenvalue weighted by molar-refractivity contribution is 7.99. The molecule has 0 amide bonds. The number of pyridine rings is 1. The van der Waals surface area contributed by atoms with E-state index in [0.717, 1.165) is 22.3 Å². The lowest BCUT2D eigenvalue weighted by Gasteiger charge is -2.08. The van der Waals surface area contributed by atoms with Crippen LogP contribution in [0.5, 0.6) is 0 Å². The third-order valence-electron chi connectivity index (χ3n) is 4.54. The molecule has 0 spiro atoms. The van der Waals surface area contributed by atoms with E-state index >= 15 is 0 Å². The highest BCUT2D eigenvalue weighted by Gasteiger charge is 2.05. The fourth-order valence-corrected chi connectivity index (χ4v) is 4.05. The summed E-state index contributed by atoms with van der Waals surface area (Å²) in [5.74, 6) is 1.16. The molecule has 0 radical (unpaired) electrons. The Morgan fingerprint density at radius 3 is 2.25 bits per heavy atom. The number of hydrogen-bond acceptors (Lipinski definition) is 3. The molecule has 0 aliphatic carbocycles. The van der Waals surface area contributed by atoms with Crippen molar-refractivity contribution in [2.45, 2.75) is 76.0 Å². The van der Waals surface area contributed by atoms with Gasteiger partial charge in [0.25, 0.3) is 0 Å². The SMILES string of the molecule is CCCCCCCCCCCCSc1ccc2ncccc2c1N. The Hall–Kier alpha value is -1.22.